The van der Waals surface area contributed by atoms with E-state index in [-0.39, 0.29) is 0 Å². The molecule has 8 nitrogen and oxygen atoms in total. The van der Waals surface area contributed by atoms with E-state index in [0.29, 0.717) is 11.4 Å². The van der Waals surface area contributed by atoms with E-state index in [0.717, 1.165) is 0 Å². The van der Waals surface area contributed by atoms with E-state index >= 15 is 0 Å². The standard InChI is InChI=1S/C22H22N2O6/c1-21(19(29)23-13-9-5-3-6-10-13)15(17(25)26)22(2,16(21)18(27)28)20(30)24-14-11-7-4-8-12-14/h3-12,15-16H,1-2H3,(H,23,29)(H,24,30)(H,25,26)(H,27,28). The first-order valence-electron chi connectivity index (χ1n) is 9.32. The molecule has 1 aliphatic rings. The third-order valence-corrected chi connectivity index (χ3v) is 5.93. The third-order valence-electron chi connectivity index (χ3n) is 5.93. The van der Waals surface area contributed by atoms with Crippen molar-refractivity contribution in [2.45, 2.75) is 13.8 Å². The van der Waals surface area contributed by atoms with Crippen LogP contribution in [0.3, 0.4) is 0 Å². The van der Waals surface area contributed by atoms with Crippen LogP contribution in [-0.2, 0) is 19.2 Å². The minimum Gasteiger partial charge on any atom is -0.481 e. The molecule has 0 spiro atoms. The molecule has 30 heavy (non-hydrogen) atoms. The Morgan fingerprint density at radius 3 is 1.23 bits per heavy atom. The van der Waals surface area contributed by atoms with Crippen LogP contribution in [0.4, 0.5) is 11.4 Å². The molecule has 0 radical (unpaired) electrons. The number of amides is 2. The maximum absolute atomic E-state index is 13.0. The summed E-state index contributed by atoms with van der Waals surface area (Å²) in [4.78, 5) is 50.4. The van der Waals surface area contributed by atoms with Crippen LogP contribution in [0.15, 0.2) is 60.7 Å². The summed E-state index contributed by atoms with van der Waals surface area (Å²) in [5.41, 5.74) is -2.87. The summed E-state index contributed by atoms with van der Waals surface area (Å²) in [5.74, 6) is -7.44. The number of anilines is 2. The normalized spacial score (nSPS) is 27.4. The van der Waals surface area contributed by atoms with Crippen molar-refractivity contribution < 1.29 is 29.4 Å². The summed E-state index contributed by atoms with van der Waals surface area (Å²) in [6.45, 7) is 2.56. The van der Waals surface area contributed by atoms with Gasteiger partial charge in [-0.3, -0.25) is 19.2 Å². The molecule has 2 aromatic carbocycles. The van der Waals surface area contributed by atoms with Crippen molar-refractivity contribution in [2.75, 3.05) is 10.6 Å². The van der Waals surface area contributed by atoms with E-state index in [2.05, 4.69) is 10.6 Å². The van der Waals surface area contributed by atoms with Crippen LogP contribution in [0.1, 0.15) is 13.8 Å². The summed E-state index contributed by atoms with van der Waals surface area (Å²) in [5, 5.41) is 24.9. The van der Waals surface area contributed by atoms with Crippen molar-refractivity contribution >= 4 is 35.1 Å². The molecule has 0 aliphatic heterocycles. The molecule has 0 bridgehead atoms. The zero-order valence-electron chi connectivity index (χ0n) is 16.5. The van der Waals surface area contributed by atoms with Gasteiger partial charge < -0.3 is 20.8 Å². The first-order chi connectivity index (χ1) is 14.1. The van der Waals surface area contributed by atoms with Crippen LogP contribution < -0.4 is 10.6 Å². The SMILES string of the molecule is CC1(C(=O)Nc2ccccc2)C(C(=O)O)C(C)(C(=O)Nc2ccccc2)C1C(=O)O. The summed E-state index contributed by atoms with van der Waals surface area (Å²) in [6.07, 6.45) is 0. The number of nitrogens with one attached hydrogen (secondary N) is 2. The lowest BCUT2D eigenvalue weighted by Gasteiger charge is -2.59. The Balaban J connectivity index is 1.98. The van der Waals surface area contributed by atoms with Crippen LogP contribution in [0.5, 0.6) is 0 Å². The zero-order valence-corrected chi connectivity index (χ0v) is 16.5. The smallest absolute Gasteiger partial charge is 0.308 e. The minimum absolute atomic E-state index is 0.402. The van der Waals surface area contributed by atoms with Crippen LogP contribution >= 0.6 is 0 Å². The van der Waals surface area contributed by atoms with Gasteiger partial charge in [0.25, 0.3) is 0 Å². The molecule has 3 rings (SSSR count). The number of hydrogen-bond acceptors (Lipinski definition) is 4. The van der Waals surface area contributed by atoms with Crippen molar-refractivity contribution in [3.63, 3.8) is 0 Å². The quantitative estimate of drug-likeness (QED) is 0.579. The maximum Gasteiger partial charge on any atom is 0.308 e. The molecule has 0 aromatic heterocycles. The number of carbonyl (C=O) groups is 4. The summed E-state index contributed by atoms with van der Waals surface area (Å²) >= 11 is 0. The van der Waals surface area contributed by atoms with Crippen molar-refractivity contribution in [1.29, 1.82) is 0 Å². The average molecular weight is 410 g/mol. The Morgan fingerprint density at radius 1 is 0.667 bits per heavy atom. The lowest BCUT2D eigenvalue weighted by atomic mass is 9.39. The van der Waals surface area contributed by atoms with Gasteiger partial charge in [-0.25, -0.2) is 0 Å². The molecule has 0 atom stereocenters. The second-order valence-corrected chi connectivity index (χ2v) is 7.75. The van der Waals surface area contributed by atoms with Crippen molar-refractivity contribution in [1.82, 2.24) is 0 Å². The van der Waals surface area contributed by atoms with E-state index in [4.69, 9.17) is 0 Å². The molecule has 0 heterocycles. The van der Waals surface area contributed by atoms with Crippen LogP contribution in [0.2, 0.25) is 0 Å². The second kappa shape index (κ2) is 7.62. The van der Waals surface area contributed by atoms with Gasteiger partial charge in [0.1, 0.15) is 0 Å². The lowest BCUT2D eigenvalue weighted by molar-refractivity contribution is -0.213. The molecule has 4 N–H and O–H groups in total. The number of carboxylic acid groups (broad SMARTS) is 2. The second-order valence-electron chi connectivity index (χ2n) is 7.75. The highest BCUT2D eigenvalue weighted by molar-refractivity contribution is 6.10. The highest BCUT2D eigenvalue weighted by atomic mass is 16.4. The number of aliphatic carboxylic acids is 2. The zero-order chi connectivity index (χ0) is 22.1. The van der Waals surface area contributed by atoms with Gasteiger partial charge >= 0.3 is 11.9 Å². The fraction of sp³-hybridized carbons (Fsp3) is 0.273. The third kappa shape index (κ3) is 3.20. The van der Waals surface area contributed by atoms with Crippen molar-refractivity contribution in [3.05, 3.63) is 60.7 Å². The summed E-state index contributed by atoms with van der Waals surface area (Å²) in [6, 6.07) is 16.6. The minimum atomic E-state index is -1.84. The van der Waals surface area contributed by atoms with Gasteiger partial charge in [-0.05, 0) is 38.1 Å². The molecule has 2 amide bonds. The van der Waals surface area contributed by atoms with Gasteiger partial charge in [0, 0.05) is 11.4 Å². The number of para-hydroxylation sites is 2. The van der Waals surface area contributed by atoms with Crippen LogP contribution in [0, 0.1) is 22.7 Å². The van der Waals surface area contributed by atoms with Gasteiger partial charge in [0.2, 0.25) is 11.8 Å². The Hall–Kier alpha value is -3.68. The van der Waals surface area contributed by atoms with Crippen molar-refractivity contribution in [2.24, 2.45) is 22.7 Å². The summed E-state index contributed by atoms with van der Waals surface area (Å²) in [7, 11) is 0. The van der Waals surface area contributed by atoms with Gasteiger partial charge in [-0.1, -0.05) is 36.4 Å². The number of benzene rings is 2. The van der Waals surface area contributed by atoms with E-state index in [1.807, 2.05) is 0 Å². The predicted molar refractivity (Wildman–Crippen MR) is 109 cm³/mol. The summed E-state index contributed by atoms with van der Waals surface area (Å²) < 4.78 is 0. The highest BCUT2D eigenvalue weighted by Gasteiger charge is 2.78. The van der Waals surface area contributed by atoms with Crippen molar-refractivity contribution in [3.8, 4) is 0 Å². The number of carbonyl (C=O) groups excluding carboxylic acids is 2. The Labute approximate surface area is 172 Å². The Morgan fingerprint density at radius 2 is 0.967 bits per heavy atom. The molecule has 156 valence electrons. The monoisotopic (exact) mass is 410 g/mol. The van der Waals surface area contributed by atoms with E-state index in [1.54, 1.807) is 60.7 Å². The average Bonchev–Trinajstić information content (AvgIpc) is 2.68. The van der Waals surface area contributed by atoms with E-state index in [9.17, 15) is 29.4 Å². The topological polar surface area (TPSA) is 133 Å². The molecule has 0 saturated heterocycles. The van der Waals surface area contributed by atoms with Gasteiger partial charge in [0.15, 0.2) is 0 Å². The first kappa shape index (κ1) is 21.0. The Bertz CT molecular complexity index is 900. The number of rotatable bonds is 6. The van der Waals surface area contributed by atoms with E-state index < -0.39 is 46.4 Å². The van der Waals surface area contributed by atoms with Crippen LogP contribution in [-0.4, -0.2) is 34.0 Å². The molecular formula is C22H22N2O6. The molecule has 0 unspecified atom stereocenters. The molecule has 1 fully saturated rings. The Kier molecular flexibility index (Phi) is 5.35. The first-order valence-corrected chi connectivity index (χ1v) is 9.32. The largest absolute Gasteiger partial charge is 0.481 e. The molecule has 1 aliphatic carbocycles. The fourth-order valence-corrected chi connectivity index (χ4v) is 4.61. The lowest BCUT2D eigenvalue weighted by Crippen LogP contribution is -2.74. The van der Waals surface area contributed by atoms with Crippen LogP contribution in [0.25, 0.3) is 0 Å². The highest BCUT2D eigenvalue weighted by Crippen LogP contribution is 2.64. The molecule has 8 heteroatoms. The fourth-order valence-electron chi connectivity index (χ4n) is 4.61. The van der Waals surface area contributed by atoms with Gasteiger partial charge in [-0.2, -0.15) is 0 Å². The molecule has 1 saturated carbocycles. The van der Waals surface area contributed by atoms with E-state index in [1.165, 1.54) is 13.8 Å². The maximum atomic E-state index is 13.0. The number of carboxylic acids is 2. The van der Waals surface area contributed by atoms with Gasteiger partial charge in [0.05, 0.1) is 22.7 Å². The molecule has 2 aromatic rings. The van der Waals surface area contributed by atoms with Gasteiger partial charge in [-0.15, -0.1) is 0 Å². The predicted octanol–water partition coefficient (Wildman–Crippen LogP) is 2.69. The molecular weight excluding hydrogens is 388 g/mol. The number of hydrogen-bond donors (Lipinski definition) is 4.